The van der Waals surface area contributed by atoms with Crippen molar-refractivity contribution in [1.29, 1.82) is 0 Å². The molecule has 1 aliphatic rings. The molecular weight excluding hydrogens is 188 g/mol. The second kappa shape index (κ2) is 5.50. The van der Waals surface area contributed by atoms with Gasteiger partial charge in [-0.25, -0.2) is 0 Å². The predicted octanol–water partition coefficient (Wildman–Crippen LogP) is 1.35. The molecule has 0 radical (unpaired) electrons. The van der Waals surface area contributed by atoms with E-state index in [1.165, 1.54) is 0 Å². The molecule has 0 aliphatic carbocycles. The Morgan fingerprint density at radius 2 is 1.87 bits per heavy atom. The van der Waals surface area contributed by atoms with Crippen LogP contribution in [0.4, 0.5) is 0 Å². The average molecular weight is 212 g/mol. The Morgan fingerprint density at radius 1 is 1.27 bits per heavy atom. The summed E-state index contributed by atoms with van der Waals surface area (Å²) in [5.41, 5.74) is 0. The first-order valence-electron chi connectivity index (χ1n) is 5.99. The molecule has 0 bridgehead atoms. The van der Waals surface area contributed by atoms with Crippen molar-refractivity contribution in [2.75, 3.05) is 26.2 Å². The Morgan fingerprint density at radius 3 is 2.33 bits per heavy atom. The maximum absolute atomic E-state index is 11.6. The van der Waals surface area contributed by atoms with Gasteiger partial charge >= 0.3 is 0 Å². The largest absolute Gasteiger partial charge is 0.356 e. The highest BCUT2D eigenvalue weighted by Gasteiger charge is 2.32. The lowest BCUT2D eigenvalue weighted by Crippen LogP contribution is -2.54. The topological polar surface area (TPSA) is 32.3 Å². The SMILES string of the molecule is CC(C)CNC(=O)C1CN(CC(C)C)C1. The molecule has 0 saturated carbocycles. The molecule has 0 aromatic rings. The normalized spacial score (nSPS) is 18.3. The summed E-state index contributed by atoms with van der Waals surface area (Å²) in [6, 6.07) is 0. The summed E-state index contributed by atoms with van der Waals surface area (Å²) >= 11 is 0. The number of nitrogens with one attached hydrogen (secondary N) is 1. The van der Waals surface area contributed by atoms with Crippen LogP contribution in [0.5, 0.6) is 0 Å². The molecule has 1 aliphatic heterocycles. The molecular formula is C12H24N2O. The van der Waals surface area contributed by atoms with Gasteiger partial charge in [0.25, 0.3) is 0 Å². The fraction of sp³-hybridized carbons (Fsp3) is 0.917. The second-order valence-corrected chi connectivity index (χ2v) is 5.45. The first-order valence-corrected chi connectivity index (χ1v) is 5.99. The predicted molar refractivity (Wildman–Crippen MR) is 62.6 cm³/mol. The zero-order valence-electron chi connectivity index (χ0n) is 10.4. The van der Waals surface area contributed by atoms with E-state index in [0.29, 0.717) is 11.8 Å². The van der Waals surface area contributed by atoms with Gasteiger partial charge in [-0.15, -0.1) is 0 Å². The minimum absolute atomic E-state index is 0.238. The number of likely N-dealkylation sites (tertiary alicyclic amines) is 1. The number of rotatable bonds is 5. The third-order valence-electron chi connectivity index (χ3n) is 2.64. The van der Waals surface area contributed by atoms with Gasteiger partial charge in [-0.3, -0.25) is 4.79 Å². The molecule has 0 aromatic carbocycles. The maximum Gasteiger partial charge on any atom is 0.225 e. The molecule has 1 saturated heterocycles. The van der Waals surface area contributed by atoms with Gasteiger partial charge < -0.3 is 10.2 Å². The van der Waals surface area contributed by atoms with Gasteiger partial charge in [0.1, 0.15) is 0 Å². The van der Waals surface area contributed by atoms with Crippen molar-refractivity contribution in [1.82, 2.24) is 10.2 Å². The summed E-state index contributed by atoms with van der Waals surface area (Å²) in [5.74, 6) is 1.72. The zero-order valence-corrected chi connectivity index (χ0v) is 10.4. The summed E-state index contributed by atoms with van der Waals surface area (Å²) < 4.78 is 0. The van der Waals surface area contributed by atoms with Crippen LogP contribution in [-0.2, 0) is 4.79 Å². The number of hydrogen-bond donors (Lipinski definition) is 1. The van der Waals surface area contributed by atoms with E-state index in [1.54, 1.807) is 0 Å². The van der Waals surface area contributed by atoms with Crippen LogP contribution in [0.3, 0.4) is 0 Å². The van der Waals surface area contributed by atoms with Gasteiger partial charge in [-0.05, 0) is 11.8 Å². The minimum atomic E-state index is 0.238. The monoisotopic (exact) mass is 212 g/mol. The first-order chi connectivity index (χ1) is 6.99. The smallest absolute Gasteiger partial charge is 0.225 e. The number of carbonyl (C=O) groups is 1. The molecule has 0 spiro atoms. The van der Waals surface area contributed by atoms with Crippen molar-refractivity contribution >= 4 is 5.91 Å². The van der Waals surface area contributed by atoms with Crippen LogP contribution in [0.2, 0.25) is 0 Å². The van der Waals surface area contributed by atoms with Crippen LogP contribution >= 0.6 is 0 Å². The van der Waals surface area contributed by atoms with E-state index in [-0.39, 0.29) is 11.8 Å². The van der Waals surface area contributed by atoms with Crippen molar-refractivity contribution in [2.45, 2.75) is 27.7 Å². The summed E-state index contributed by atoms with van der Waals surface area (Å²) in [4.78, 5) is 14.0. The van der Waals surface area contributed by atoms with E-state index in [4.69, 9.17) is 0 Å². The van der Waals surface area contributed by atoms with Gasteiger partial charge in [0, 0.05) is 26.2 Å². The molecule has 1 N–H and O–H groups in total. The van der Waals surface area contributed by atoms with Gasteiger partial charge in [0.15, 0.2) is 0 Å². The van der Waals surface area contributed by atoms with Crippen LogP contribution in [0.1, 0.15) is 27.7 Å². The number of carbonyl (C=O) groups excluding carboxylic acids is 1. The first kappa shape index (κ1) is 12.5. The van der Waals surface area contributed by atoms with Crippen LogP contribution in [0, 0.1) is 17.8 Å². The van der Waals surface area contributed by atoms with Gasteiger partial charge in [0.2, 0.25) is 5.91 Å². The summed E-state index contributed by atoms with van der Waals surface area (Å²) in [7, 11) is 0. The molecule has 0 aromatic heterocycles. The Labute approximate surface area is 93.2 Å². The third kappa shape index (κ3) is 4.20. The van der Waals surface area contributed by atoms with Crippen molar-refractivity contribution in [3.05, 3.63) is 0 Å². The van der Waals surface area contributed by atoms with Crippen LogP contribution in [0.15, 0.2) is 0 Å². The average Bonchev–Trinajstić information content (AvgIpc) is 2.06. The van der Waals surface area contributed by atoms with Gasteiger partial charge in [-0.2, -0.15) is 0 Å². The van der Waals surface area contributed by atoms with Gasteiger partial charge in [0.05, 0.1) is 5.92 Å². The molecule has 3 nitrogen and oxygen atoms in total. The Bertz CT molecular complexity index is 208. The summed E-state index contributed by atoms with van der Waals surface area (Å²) in [5, 5.41) is 2.99. The minimum Gasteiger partial charge on any atom is -0.356 e. The lowest BCUT2D eigenvalue weighted by molar-refractivity contribution is -0.130. The highest BCUT2D eigenvalue weighted by atomic mass is 16.2. The Kier molecular flexibility index (Phi) is 4.58. The van der Waals surface area contributed by atoms with E-state index < -0.39 is 0 Å². The van der Waals surface area contributed by atoms with Crippen molar-refractivity contribution in [2.24, 2.45) is 17.8 Å². The Balaban J connectivity index is 2.12. The fourth-order valence-corrected chi connectivity index (χ4v) is 1.85. The fourth-order valence-electron chi connectivity index (χ4n) is 1.85. The van der Waals surface area contributed by atoms with Crippen LogP contribution in [-0.4, -0.2) is 37.0 Å². The zero-order chi connectivity index (χ0) is 11.4. The van der Waals surface area contributed by atoms with Crippen molar-refractivity contribution in [3.8, 4) is 0 Å². The van der Waals surface area contributed by atoms with E-state index in [9.17, 15) is 4.79 Å². The third-order valence-corrected chi connectivity index (χ3v) is 2.64. The van der Waals surface area contributed by atoms with E-state index in [1.807, 2.05) is 0 Å². The summed E-state index contributed by atoms with van der Waals surface area (Å²) in [6.07, 6.45) is 0. The van der Waals surface area contributed by atoms with Gasteiger partial charge in [-0.1, -0.05) is 27.7 Å². The van der Waals surface area contributed by atoms with Crippen LogP contribution in [0.25, 0.3) is 0 Å². The highest BCUT2D eigenvalue weighted by molar-refractivity contribution is 5.79. The van der Waals surface area contributed by atoms with Crippen molar-refractivity contribution < 1.29 is 4.79 Å². The lowest BCUT2D eigenvalue weighted by Gasteiger charge is -2.39. The Hall–Kier alpha value is -0.570. The molecule has 0 unspecified atom stereocenters. The van der Waals surface area contributed by atoms with E-state index >= 15 is 0 Å². The number of hydrogen-bond acceptors (Lipinski definition) is 2. The molecule has 0 atom stereocenters. The van der Waals surface area contributed by atoms with E-state index in [2.05, 4.69) is 37.9 Å². The highest BCUT2D eigenvalue weighted by Crippen LogP contribution is 2.16. The number of nitrogens with zero attached hydrogens (tertiary/aromatic N) is 1. The second-order valence-electron chi connectivity index (χ2n) is 5.45. The molecule has 1 heterocycles. The molecule has 1 amide bonds. The standard InChI is InChI=1S/C12H24N2O/c1-9(2)5-13-12(15)11-7-14(8-11)6-10(3)4/h9-11H,5-8H2,1-4H3,(H,13,15). The van der Waals surface area contributed by atoms with Crippen LogP contribution < -0.4 is 5.32 Å². The lowest BCUT2D eigenvalue weighted by atomic mass is 9.97. The quantitative estimate of drug-likeness (QED) is 0.746. The molecule has 1 fully saturated rings. The molecule has 1 rings (SSSR count). The molecule has 15 heavy (non-hydrogen) atoms. The molecule has 3 heteroatoms. The molecule has 88 valence electrons. The summed E-state index contributed by atoms with van der Waals surface area (Å²) in [6.45, 7) is 12.5. The maximum atomic E-state index is 11.6. The van der Waals surface area contributed by atoms with E-state index in [0.717, 1.165) is 26.2 Å². The van der Waals surface area contributed by atoms with Crippen molar-refractivity contribution in [3.63, 3.8) is 0 Å². The number of amides is 1.